The lowest BCUT2D eigenvalue weighted by Crippen LogP contribution is -2.40. The molecule has 0 radical (unpaired) electrons. The highest BCUT2D eigenvalue weighted by Crippen LogP contribution is 2.29. The highest BCUT2D eigenvalue weighted by molar-refractivity contribution is 8.03. The minimum atomic E-state index is 0.0145. The maximum atomic E-state index is 12.2. The van der Waals surface area contributed by atoms with E-state index in [0.717, 1.165) is 34.6 Å². The third kappa shape index (κ3) is 6.60. The van der Waals surface area contributed by atoms with Crippen LogP contribution in [0.25, 0.3) is 0 Å². The summed E-state index contributed by atoms with van der Waals surface area (Å²) in [5.41, 5.74) is 0. The lowest BCUT2D eigenvalue weighted by Gasteiger charge is -2.30. The number of amides is 2. The van der Waals surface area contributed by atoms with E-state index in [1.54, 1.807) is 0 Å². The molecule has 1 saturated heterocycles. The van der Waals surface area contributed by atoms with Gasteiger partial charge < -0.3 is 10.2 Å². The van der Waals surface area contributed by atoms with E-state index in [1.807, 2.05) is 11.8 Å². The van der Waals surface area contributed by atoms with Crippen LogP contribution in [0.15, 0.2) is 8.68 Å². The smallest absolute Gasteiger partial charge is 0.233 e. The lowest BCUT2D eigenvalue weighted by molar-refractivity contribution is -0.130. The SMILES string of the molecule is CCCNC(=O)CSc1nnc(SCC(=O)N2CCC[C@H](C)C2)s1. The molecule has 6 nitrogen and oxygen atoms in total. The Kier molecular flexibility index (Phi) is 8.34. The molecule has 1 atom stereocenters. The van der Waals surface area contributed by atoms with Gasteiger partial charge in [-0.25, -0.2) is 0 Å². The van der Waals surface area contributed by atoms with E-state index in [4.69, 9.17) is 0 Å². The molecule has 1 N–H and O–H groups in total. The standard InChI is InChI=1S/C15H24N4O2S3/c1-3-6-16-12(20)9-22-14-17-18-15(24-14)23-10-13(21)19-7-4-5-11(2)8-19/h11H,3-10H2,1-2H3,(H,16,20)/t11-/m0/s1. The van der Waals surface area contributed by atoms with E-state index in [2.05, 4.69) is 22.4 Å². The van der Waals surface area contributed by atoms with Crippen molar-refractivity contribution in [1.29, 1.82) is 0 Å². The molecule has 24 heavy (non-hydrogen) atoms. The Morgan fingerprint density at radius 1 is 1.29 bits per heavy atom. The second kappa shape index (κ2) is 10.2. The van der Waals surface area contributed by atoms with E-state index in [9.17, 15) is 9.59 Å². The van der Waals surface area contributed by atoms with Crippen molar-refractivity contribution >= 4 is 46.7 Å². The zero-order valence-electron chi connectivity index (χ0n) is 14.1. The molecule has 9 heteroatoms. The van der Waals surface area contributed by atoms with Crippen molar-refractivity contribution in [3.8, 4) is 0 Å². The van der Waals surface area contributed by atoms with E-state index in [0.29, 0.717) is 24.0 Å². The Morgan fingerprint density at radius 2 is 2.00 bits per heavy atom. The predicted molar refractivity (Wildman–Crippen MR) is 99.6 cm³/mol. The summed E-state index contributed by atoms with van der Waals surface area (Å²) in [5, 5.41) is 11.0. The fourth-order valence-electron chi connectivity index (χ4n) is 2.39. The van der Waals surface area contributed by atoms with Crippen LogP contribution in [0.4, 0.5) is 0 Å². The molecule has 2 rings (SSSR count). The summed E-state index contributed by atoms with van der Waals surface area (Å²) in [5.74, 6) is 1.54. The number of thioether (sulfide) groups is 2. The molecule has 2 heterocycles. The van der Waals surface area contributed by atoms with Crippen molar-refractivity contribution in [3.63, 3.8) is 0 Å². The molecule has 1 aliphatic rings. The largest absolute Gasteiger partial charge is 0.355 e. The second-order valence-electron chi connectivity index (χ2n) is 5.85. The predicted octanol–water partition coefficient (Wildman–Crippen LogP) is 2.51. The molecule has 1 aromatic rings. The van der Waals surface area contributed by atoms with Crippen LogP contribution in [0.3, 0.4) is 0 Å². The van der Waals surface area contributed by atoms with Crippen LogP contribution in [0, 0.1) is 5.92 Å². The average Bonchev–Trinajstić information content (AvgIpc) is 3.04. The molecule has 1 fully saturated rings. The van der Waals surface area contributed by atoms with Gasteiger partial charge in [0.1, 0.15) is 0 Å². The fraction of sp³-hybridized carbons (Fsp3) is 0.733. The highest BCUT2D eigenvalue weighted by Gasteiger charge is 2.21. The Hall–Kier alpha value is -0.800. The summed E-state index contributed by atoms with van der Waals surface area (Å²) in [7, 11) is 0. The first-order valence-corrected chi connectivity index (χ1v) is 11.0. The van der Waals surface area contributed by atoms with Crippen LogP contribution < -0.4 is 5.32 Å². The maximum absolute atomic E-state index is 12.2. The van der Waals surface area contributed by atoms with Gasteiger partial charge in [-0.15, -0.1) is 10.2 Å². The third-order valence-corrected chi connectivity index (χ3v) is 6.79. The summed E-state index contributed by atoms with van der Waals surface area (Å²) in [6.07, 6.45) is 3.23. The van der Waals surface area contributed by atoms with Crippen molar-refractivity contribution in [2.75, 3.05) is 31.1 Å². The van der Waals surface area contributed by atoms with Gasteiger partial charge in [0.25, 0.3) is 0 Å². The molecule has 2 amide bonds. The number of nitrogens with one attached hydrogen (secondary N) is 1. The van der Waals surface area contributed by atoms with Gasteiger partial charge >= 0.3 is 0 Å². The van der Waals surface area contributed by atoms with Gasteiger partial charge in [-0.1, -0.05) is 48.7 Å². The zero-order valence-corrected chi connectivity index (χ0v) is 16.6. The Balaban J connectivity index is 1.71. The van der Waals surface area contributed by atoms with Gasteiger partial charge in [0, 0.05) is 19.6 Å². The number of carbonyl (C=O) groups is 2. The van der Waals surface area contributed by atoms with Gasteiger partial charge in [-0.3, -0.25) is 9.59 Å². The highest BCUT2D eigenvalue weighted by atomic mass is 32.2. The summed E-state index contributed by atoms with van der Waals surface area (Å²) in [6, 6.07) is 0. The number of piperidine rings is 1. The van der Waals surface area contributed by atoms with Gasteiger partial charge in [-0.05, 0) is 25.2 Å². The quantitative estimate of drug-likeness (QED) is 0.690. The van der Waals surface area contributed by atoms with Crippen LogP contribution in [0.2, 0.25) is 0 Å². The van der Waals surface area contributed by atoms with E-state index in [1.165, 1.54) is 41.3 Å². The number of hydrogen-bond donors (Lipinski definition) is 1. The summed E-state index contributed by atoms with van der Waals surface area (Å²) < 4.78 is 1.55. The summed E-state index contributed by atoms with van der Waals surface area (Å²) >= 11 is 4.26. The van der Waals surface area contributed by atoms with Gasteiger partial charge in [0.05, 0.1) is 11.5 Å². The number of aromatic nitrogens is 2. The lowest BCUT2D eigenvalue weighted by atomic mass is 10.0. The third-order valence-electron chi connectivity index (χ3n) is 3.62. The Labute approximate surface area is 155 Å². The van der Waals surface area contributed by atoms with Crippen molar-refractivity contribution in [3.05, 3.63) is 0 Å². The second-order valence-corrected chi connectivity index (χ2v) is 9.27. The molecule has 0 saturated carbocycles. The molecule has 0 spiro atoms. The van der Waals surface area contributed by atoms with E-state index >= 15 is 0 Å². The number of hydrogen-bond acceptors (Lipinski definition) is 7. The molecule has 0 bridgehead atoms. The summed E-state index contributed by atoms with van der Waals surface area (Å²) in [4.78, 5) is 25.8. The molecular weight excluding hydrogens is 364 g/mol. The Morgan fingerprint density at radius 3 is 2.67 bits per heavy atom. The minimum Gasteiger partial charge on any atom is -0.355 e. The molecule has 0 aliphatic carbocycles. The number of nitrogens with zero attached hydrogens (tertiary/aromatic N) is 3. The van der Waals surface area contributed by atoms with Crippen LogP contribution in [-0.4, -0.2) is 58.1 Å². The van der Waals surface area contributed by atoms with Gasteiger partial charge in [-0.2, -0.15) is 0 Å². The monoisotopic (exact) mass is 388 g/mol. The van der Waals surface area contributed by atoms with Crippen molar-refractivity contribution < 1.29 is 9.59 Å². The summed E-state index contributed by atoms with van der Waals surface area (Å²) in [6.45, 7) is 6.65. The normalized spacial score (nSPS) is 17.8. The Bertz CT molecular complexity index is 553. The van der Waals surface area contributed by atoms with Crippen LogP contribution in [0.5, 0.6) is 0 Å². The molecule has 134 valence electrons. The minimum absolute atomic E-state index is 0.0145. The molecular formula is C15H24N4O2S3. The molecule has 1 aliphatic heterocycles. The topological polar surface area (TPSA) is 75.2 Å². The number of rotatable bonds is 8. The molecule has 0 aromatic carbocycles. The van der Waals surface area contributed by atoms with Gasteiger partial charge in [0.2, 0.25) is 11.8 Å². The van der Waals surface area contributed by atoms with Crippen LogP contribution in [-0.2, 0) is 9.59 Å². The van der Waals surface area contributed by atoms with Crippen LogP contribution in [0.1, 0.15) is 33.1 Å². The van der Waals surface area contributed by atoms with Gasteiger partial charge in [0.15, 0.2) is 8.68 Å². The zero-order chi connectivity index (χ0) is 17.4. The van der Waals surface area contributed by atoms with Crippen molar-refractivity contribution in [2.45, 2.75) is 41.8 Å². The first-order valence-electron chi connectivity index (χ1n) is 8.22. The number of carbonyl (C=O) groups excluding carboxylic acids is 2. The maximum Gasteiger partial charge on any atom is 0.233 e. The molecule has 1 aromatic heterocycles. The van der Waals surface area contributed by atoms with E-state index < -0.39 is 0 Å². The van der Waals surface area contributed by atoms with Crippen molar-refractivity contribution in [2.24, 2.45) is 5.92 Å². The number of likely N-dealkylation sites (tertiary alicyclic amines) is 1. The average molecular weight is 389 g/mol. The van der Waals surface area contributed by atoms with Crippen molar-refractivity contribution in [1.82, 2.24) is 20.4 Å². The first-order chi connectivity index (χ1) is 11.6. The van der Waals surface area contributed by atoms with Crippen LogP contribution >= 0.6 is 34.9 Å². The first kappa shape index (κ1) is 19.5. The van der Waals surface area contributed by atoms with E-state index in [-0.39, 0.29) is 11.8 Å². The molecule has 0 unspecified atom stereocenters. The fourth-order valence-corrected chi connectivity index (χ4v) is 5.14.